The first-order chi connectivity index (χ1) is 11.2. The molecule has 0 aromatic carbocycles. The summed E-state index contributed by atoms with van der Waals surface area (Å²) in [4.78, 5) is 29.8. The third kappa shape index (κ3) is 4.40. The summed E-state index contributed by atoms with van der Waals surface area (Å²) in [5.41, 5.74) is -0.314. The second-order valence-electron chi connectivity index (χ2n) is 6.80. The Kier molecular flexibility index (Phi) is 5.78. The third-order valence-electron chi connectivity index (χ3n) is 5.36. The molecule has 2 saturated heterocycles. The number of hydrogen-bond acceptors (Lipinski definition) is 3. The minimum Gasteiger partial charge on any atom is -0.343 e. The Labute approximate surface area is 140 Å². The smallest absolute Gasteiger partial charge is 0.343 e. The molecule has 2 aliphatic rings. The van der Waals surface area contributed by atoms with Gasteiger partial charge in [0.25, 0.3) is 0 Å². The van der Waals surface area contributed by atoms with Crippen LogP contribution >= 0.6 is 0 Å². The predicted octanol–water partition coefficient (Wildman–Crippen LogP) is 1.87. The number of rotatable bonds is 3. The molecule has 0 aromatic rings. The highest BCUT2D eigenvalue weighted by molar-refractivity contribution is 5.77. The Morgan fingerprint density at radius 3 is 2.54 bits per heavy atom. The summed E-state index contributed by atoms with van der Waals surface area (Å²) in [5, 5.41) is 0. The number of carbonyl (C=O) groups excluding carboxylic acids is 2. The second-order valence-corrected chi connectivity index (χ2v) is 6.80. The van der Waals surface area contributed by atoms with E-state index in [1.807, 2.05) is 18.9 Å². The monoisotopic (exact) mass is 349 g/mol. The van der Waals surface area contributed by atoms with E-state index in [4.69, 9.17) is 0 Å². The van der Waals surface area contributed by atoms with Crippen molar-refractivity contribution in [3.63, 3.8) is 0 Å². The number of carbonyl (C=O) groups is 2. The van der Waals surface area contributed by atoms with E-state index in [0.29, 0.717) is 45.6 Å². The summed E-state index contributed by atoms with van der Waals surface area (Å²) >= 11 is 0. The van der Waals surface area contributed by atoms with Crippen molar-refractivity contribution in [2.24, 2.45) is 0 Å². The molecule has 1 unspecified atom stereocenters. The fourth-order valence-corrected chi connectivity index (χ4v) is 3.65. The van der Waals surface area contributed by atoms with E-state index >= 15 is 0 Å². The lowest BCUT2D eigenvalue weighted by Crippen LogP contribution is -2.62. The highest BCUT2D eigenvalue weighted by atomic mass is 19.4. The van der Waals surface area contributed by atoms with Crippen LogP contribution in [0, 0.1) is 0 Å². The topological polar surface area (TPSA) is 43.9 Å². The molecule has 2 fully saturated rings. The number of likely N-dealkylation sites (tertiary alicyclic amines) is 1. The summed E-state index contributed by atoms with van der Waals surface area (Å²) in [7, 11) is 1.98. The van der Waals surface area contributed by atoms with Gasteiger partial charge in [-0.15, -0.1) is 0 Å². The Morgan fingerprint density at radius 1 is 1.21 bits per heavy atom. The van der Waals surface area contributed by atoms with Gasteiger partial charge in [0.15, 0.2) is 0 Å². The van der Waals surface area contributed by atoms with Gasteiger partial charge in [-0.05, 0) is 26.8 Å². The predicted molar refractivity (Wildman–Crippen MR) is 83.3 cm³/mol. The number of hydrogen-bond donors (Lipinski definition) is 0. The van der Waals surface area contributed by atoms with Crippen molar-refractivity contribution in [2.75, 3.05) is 39.8 Å². The summed E-state index contributed by atoms with van der Waals surface area (Å²) < 4.78 is 37.1. The highest BCUT2D eigenvalue weighted by Crippen LogP contribution is 2.32. The largest absolute Gasteiger partial charge is 0.389 e. The van der Waals surface area contributed by atoms with Gasteiger partial charge >= 0.3 is 6.18 Å². The molecule has 0 saturated carbocycles. The van der Waals surface area contributed by atoms with Crippen molar-refractivity contribution in [1.82, 2.24) is 14.7 Å². The maximum atomic E-state index is 12.4. The van der Waals surface area contributed by atoms with Gasteiger partial charge in [-0.1, -0.05) is 0 Å². The number of piperazine rings is 1. The van der Waals surface area contributed by atoms with Gasteiger partial charge in [0.1, 0.15) is 0 Å². The van der Waals surface area contributed by atoms with Crippen molar-refractivity contribution in [3.05, 3.63) is 0 Å². The normalized spacial score (nSPS) is 26.8. The van der Waals surface area contributed by atoms with Crippen molar-refractivity contribution in [2.45, 2.75) is 50.7 Å². The van der Waals surface area contributed by atoms with Gasteiger partial charge in [-0.25, -0.2) is 0 Å². The van der Waals surface area contributed by atoms with E-state index in [0.717, 1.165) is 6.42 Å². The van der Waals surface area contributed by atoms with Gasteiger partial charge in [0.2, 0.25) is 11.8 Å². The number of nitrogens with zero attached hydrogens (tertiary/aromatic N) is 3. The minimum absolute atomic E-state index is 0.114. The van der Waals surface area contributed by atoms with E-state index < -0.39 is 24.9 Å². The molecular weight excluding hydrogens is 323 g/mol. The summed E-state index contributed by atoms with van der Waals surface area (Å²) in [6, 6.07) is 0. The zero-order valence-corrected chi connectivity index (χ0v) is 14.4. The lowest BCUT2D eigenvalue weighted by molar-refractivity contribution is -0.152. The summed E-state index contributed by atoms with van der Waals surface area (Å²) in [5.74, 6) is -0.328. The number of amides is 2. The molecule has 2 heterocycles. The summed E-state index contributed by atoms with van der Waals surface area (Å²) in [6.45, 7) is 4.70. The van der Waals surface area contributed by atoms with Gasteiger partial charge in [0.05, 0.1) is 6.42 Å². The molecule has 2 rings (SSSR count). The number of halogens is 3. The zero-order valence-electron chi connectivity index (χ0n) is 14.4. The number of likely N-dealkylation sites (N-methyl/N-ethyl adjacent to an activating group) is 1. The number of alkyl halides is 3. The lowest BCUT2D eigenvalue weighted by Gasteiger charge is -2.49. The van der Waals surface area contributed by atoms with Crippen molar-refractivity contribution in [3.8, 4) is 0 Å². The lowest BCUT2D eigenvalue weighted by atomic mass is 9.86. The fourth-order valence-electron chi connectivity index (χ4n) is 3.65. The Bertz CT molecular complexity index is 484. The van der Waals surface area contributed by atoms with E-state index in [2.05, 4.69) is 4.90 Å². The van der Waals surface area contributed by atoms with Crippen molar-refractivity contribution < 1.29 is 22.8 Å². The molecule has 8 heteroatoms. The van der Waals surface area contributed by atoms with E-state index in [1.54, 1.807) is 4.90 Å². The average Bonchev–Trinajstić information content (AvgIpc) is 2.67. The van der Waals surface area contributed by atoms with Crippen LogP contribution < -0.4 is 0 Å². The molecule has 1 atom stereocenters. The van der Waals surface area contributed by atoms with Gasteiger partial charge in [-0.2, -0.15) is 13.2 Å². The third-order valence-corrected chi connectivity index (χ3v) is 5.36. The quantitative estimate of drug-likeness (QED) is 0.781. The second kappa shape index (κ2) is 7.29. The Morgan fingerprint density at radius 2 is 1.92 bits per heavy atom. The van der Waals surface area contributed by atoms with Crippen LogP contribution in [0.15, 0.2) is 0 Å². The van der Waals surface area contributed by atoms with Gasteiger partial charge < -0.3 is 9.80 Å². The molecule has 0 aromatic heterocycles. The highest BCUT2D eigenvalue weighted by Gasteiger charge is 2.43. The zero-order chi connectivity index (χ0) is 18.0. The Hall–Kier alpha value is -1.31. The molecule has 1 spiro atoms. The molecule has 5 nitrogen and oxygen atoms in total. The molecule has 24 heavy (non-hydrogen) atoms. The maximum Gasteiger partial charge on any atom is 0.389 e. The average molecular weight is 349 g/mol. The van der Waals surface area contributed by atoms with Gasteiger partial charge in [-0.3, -0.25) is 14.5 Å². The first-order valence-electron chi connectivity index (χ1n) is 8.50. The molecule has 138 valence electrons. The molecule has 0 aliphatic carbocycles. The van der Waals surface area contributed by atoms with Crippen molar-refractivity contribution in [1.29, 1.82) is 0 Å². The van der Waals surface area contributed by atoms with Crippen LogP contribution in [-0.2, 0) is 9.59 Å². The standard InChI is InChI=1S/C16H26F3N3O2/c1-3-21-9-8-15(6-4-13(21)23)12-22(11-10-20(15)2)14(24)5-7-16(17,18)19/h3-12H2,1-2H3. The molecule has 0 N–H and O–H groups in total. The van der Waals surface area contributed by atoms with Crippen LogP contribution in [0.1, 0.15) is 39.0 Å². The first-order valence-corrected chi connectivity index (χ1v) is 8.50. The molecule has 2 aliphatic heterocycles. The van der Waals surface area contributed by atoms with E-state index in [-0.39, 0.29) is 11.4 Å². The van der Waals surface area contributed by atoms with Crippen LogP contribution in [0.2, 0.25) is 0 Å². The van der Waals surface area contributed by atoms with Crippen LogP contribution in [0.4, 0.5) is 13.2 Å². The molecule has 2 amide bonds. The SMILES string of the molecule is CCN1CCC2(CCC1=O)CN(C(=O)CCC(F)(F)F)CCN2C. The van der Waals surface area contributed by atoms with Crippen LogP contribution in [0.25, 0.3) is 0 Å². The van der Waals surface area contributed by atoms with E-state index in [1.165, 1.54) is 0 Å². The van der Waals surface area contributed by atoms with Gasteiger partial charge in [0, 0.05) is 51.1 Å². The fraction of sp³-hybridized carbons (Fsp3) is 0.875. The van der Waals surface area contributed by atoms with Crippen LogP contribution in [-0.4, -0.2) is 78.0 Å². The van der Waals surface area contributed by atoms with E-state index in [9.17, 15) is 22.8 Å². The first kappa shape index (κ1) is 19.0. The maximum absolute atomic E-state index is 12.4. The van der Waals surface area contributed by atoms with Crippen LogP contribution in [0.5, 0.6) is 0 Å². The summed E-state index contributed by atoms with van der Waals surface area (Å²) in [6.07, 6.45) is -4.08. The van der Waals surface area contributed by atoms with Crippen molar-refractivity contribution >= 4 is 11.8 Å². The molecular formula is C16H26F3N3O2. The Balaban J connectivity index is 2.04. The minimum atomic E-state index is -4.31. The van der Waals surface area contributed by atoms with Crippen LogP contribution in [0.3, 0.4) is 0 Å². The molecule has 0 radical (unpaired) electrons. The molecule has 0 bridgehead atoms.